The van der Waals surface area contributed by atoms with Crippen LogP contribution in [0.15, 0.2) is 12.2 Å². The van der Waals surface area contributed by atoms with Gasteiger partial charge >= 0.3 is 0 Å². The van der Waals surface area contributed by atoms with Crippen LogP contribution in [-0.4, -0.2) is 10.5 Å². The molecule has 2 radical (unpaired) electrons. The van der Waals surface area contributed by atoms with Crippen LogP contribution in [0.5, 0.6) is 0 Å². The van der Waals surface area contributed by atoms with Gasteiger partial charge in [-0.3, -0.25) is 21.7 Å². The fraction of sp³-hybridized carbons (Fsp3) is 0.667. The molecule has 0 unspecified atom stereocenters. The molecule has 0 N–H and O–H groups in total. The normalized spacial score (nSPS) is 31.3. The first-order valence-electron chi connectivity index (χ1n) is 7.43. The summed E-state index contributed by atoms with van der Waals surface area (Å²) < 4.78 is 0. The van der Waals surface area contributed by atoms with Crippen molar-refractivity contribution < 1.29 is 75.0 Å². The van der Waals surface area contributed by atoms with Crippen LogP contribution in [0.25, 0.3) is 0 Å². The van der Waals surface area contributed by atoms with Crippen LogP contribution in [0, 0.1) is 46.7 Å². The third-order valence-electron chi connectivity index (χ3n) is 5.00. The van der Waals surface area contributed by atoms with Crippen LogP contribution in [0.3, 0.4) is 0 Å². The van der Waals surface area contributed by atoms with Crippen molar-refractivity contribution in [1.82, 2.24) is 0 Å². The van der Waals surface area contributed by atoms with Crippen molar-refractivity contribution in [2.45, 2.75) is 41.5 Å². The van der Waals surface area contributed by atoms with E-state index in [4.69, 9.17) is 23.2 Å². The van der Waals surface area contributed by atoms with Gasteiger partial charge in [-0.05, 0) is 45.9 Å². The molecule has 0 saturated heterocycles. The summed E-state index contributed by atoms with van der Waals surface area (Å²) in [5, 5.41) is -0.432. The van der Waals surface area contributed by atoms with Crippen molar-refractivity contribution in [3.63, 3.8) is 0 Å². The van der Waals surface area contributed by atoms with Crippen molar-refractivity contribution in [1.29, 1.82) is 0 Å². The fourth-order valence-corrected chi connectivity index (χ4v) is 4.04. The Morgan fingerprint density at radius 3 is 1.17 bits per heavy atom. The van der Waals surface area contributed by atoms with E-state index in [1.807, 2.05) is 26.0 Å². The summed E-state index contributed by atoms with van der Waals surface area (Å²) >= 11 is 10.8. The largest absolute Gasteiger partial charge is 0.503 e. The second-order valence-electron chi connectivity index (χ2n) is 7.17. The maximum Gasteiger partial charge on any atom is 0.225 e. The van der Waals surface area contributed by atoms with Gasteiger partial charge < -0.3 is 12.2 Å². The molecule has 0 aromatic rings. The van der Waals surface area contributed by atoms with Crippen molar-refractivity contribution in [3.05, 3.63) is 24.3 Å². The maximum atomic E-state index is 10.8. The molecule has 2 aliphatic rings. The van der Waals surface area contributed by atoms with Crippen LogP contribution in [-0.2, 0) is 75.0 Å². The third-order valence-corrected chi connectivity index (χ3v) is 5.47. The molecule has 2 fully saturated rings. The van der Waals surface area contributed by atoms with Gasteiger partial charge in [-0.15, -0.1) is 0 Å². The topological polar surface area (TPSA) is 34.1 Å². The summed E-state index contributed by atoms with van der Waals surface area (Å²) in [6, 6.07) is 0. The Balaban J connectivity index is 0. The molecule has 4 atom stereocenters. The molecule has 24 heavy (non-hydrogen) atoms. The average Bonchev–Trinajstić information content (AvgIpc) is 3.11. The van der Waals surface area contributed by atoms with Gasteiger partial charge in [0.05, 0.1) is 0 Å². The number of halogens is 2. The molecule has 130 valence electrons. The van der Waals surface area contributed by atoms with Crippen LogP contribution in [0.4, 0.5) is 0 Å². The number of carbonyl (C=O) groups excluding carboxylic acids is 2. The summed E-state index contributed by atoms with van der Waals surface area (Å²) in [4.78, 5) is 21.6. The zero-order valence-electron chi connectivity index (χ0n) is 15.2. The van der Waals surface area contributed by atoms with E-state index in [1.54, 1.807) is 0 Å². The Bertz CT molecular complexity index is 467. The van der Waals surface area contributed by atoms with Gasteiger partial charge in [0.2, 0.25) is 10.5 Å². The minimum absolute atomic E-state index is 0. The van der Waals surface area contributed by atoms with Gasteiger partial charge in [-0.2, -0.15) is 13.8 Å². The standard InChI is InChI=1S/2C9H12ClO.2Y/c2*1-4-5-6-7(8(10)11)9(6,2)3;;/h2*5-7H,1-3H3;;/q2*-1;;/t2*6-,7-;;/m10../s1. The van der Waals surface area contributed by atoms with E-state index in [0.717, 1.165) is 0 Å². The first-order chi connectivity index (χ1) is 10.0. The zero-order valence-corrected chi connectivity index (χ0v) is 22.4. The minimum Gasteiger partial charge on any atom is -0.503 e. The van der Waals surface area contributed by atoms with E-state index in [2.05, 4.69) is 39.8 Å². The predicted molar refractivity (Wildman–Crippen MR) is 90.2 cm³/mol. The number of hydrogen-bond donors (Lipinski definition) is 0. The molecule has 0 aromatic carbocycles. The Kier molecular flexibility index (Phi) is 12.5. The van der Waals surface area contributed by atoms with Gasteiger partial charge in [0.25, 0.3) is 0 Å². The monoisotopic (exact) mass is 520 g/mol. The van der Waals surface area contributed by atoms with Gasteiger partial charge in [-0.25, -0.2) is 0 Å². The van der Waals surface area contributed by atoms with Crippen LogP contribution in [0.1, 0.15) is 41.5 Å². The molecule has 0 bridgehead atoms. The van der Waals surface area contributed by atoms with Crippen molar-refractivity contribution in [2.75, 3.05) is 0 Å². The van der Waals surface area contributed by atoms with Crippen molar-refractivity contribution in [3.8, 4) is 0 Å². The second kappa shape index (κ2) is 10.8. The van der Waals surface area contributed by atoms with E-state index in [9.17, 15) is 9.59 Å². The molecular weight excluding hydrogens is 497 g/mol. The molecule has 2 saturated carbocycles. The Morgan fingerprint density at radius 1 is 0.792 bits per heavy atom. The van der Waals surface area contributed by atoms with Crippen LogP contribution >= 0.6 is 23.2 Å². The summed E-state index contributed by atoms with van der Waals surface area (Å²) in [7, 11) is 0. The second-order valence-corrected chi connectivity index (χ2v) is 7.91. The third kappa shape index (κ3) is 6.35. The zero-order chi connectivity index (χ0) is 17.3. The Morgan fingerprint density at radius 2 is 1.04 bits per heavy atom. The van der Waals surface area contributed by atoms with Crippen molar-refractivity contribution in [2.24, 2.45) is 34.5 Å². The Labute approximate surface area is 206 Å². The Hall–Kier alpha value is 1.61. The smallest absolute Gasteiger partial charge is 0.225 e. The van der Waals surface area contributed by atoms with E-state index in [0.29, 0.717) is 11.8 Å². The number of rotatable bonds is 4. The first-order valence-corrected chi connectivity index (χ1v) is 8.18. The van der Waals surface area contributed by atoms with Crippen LogP contribution < -0.4 is 0 Å². The van der Waals surface area contributed by atoms with Gasteiger partial charge in [0.1, 0.15) is 0 Å². The summed E-state index contributed by atoms with van der Waals surface area (Å²) in [5.41, 5.74) is 0.115. The summed E-state index contributed by atoms with van der Waals surface area (Å²) in [6.07, 6.45) is 9.74. The number of allylic oxidation sites excluding steroid dienone is 4. The van der Waals surface area contributed by atoms with Gasteiger partial charge in [-0.1, -0.05) is 27.7 Å². The van der Waals surface area contributed by atoms with Gasteiger partial charge in [0.15, 0.2) is 0 Å². The molecule has 2 aliphatic carbocycles. The van der Waals surface area contributed by atoms with Crippen molar-refractivity contribution >= 4 is 33.7 Å². The average molecular weight is 521 g/mol. The molecule has 0 amide bonds. The van der Waals surface area contributed by atoms with E-state index >= 15 is 0 Å². The molecule has 2 nitrogen and oxygen atoms in total. The number of carbonyl (C=O) groups is 2. The molecule has 0 aliphatic heterocycles. The van der Waals surface area contributed by atoms with E-state index in [-0.39, 0.29) is 98.6 Å². The molecule has 0 spiro atoms. The molecule has 0 heterocycles. The quantitative estimate of drug-likeness (QED) is 0.394. The summed E-state index contributed by atoms with van der Waals surface area (Å²) in [6.45, 7) is 11.9. The summed E-state index contributed by atoms with van der Waals surface area (Å²) in [5.74, 6) is 0.628. The minimum atomic E-state index is -0.216. The molecule has 6 heteroatoms. The van der Waals surface area contributed by atoms with Crippen LogP contribution in [0.2, 0.25) is 0 Å². The molecular formula is C18H24Cl2O2Y2-2. The SMILES string of the molecule is C[C-]=C[C@@H]1[C@H](C(=O)Cl)C1(C)C.C[C-]=C[C@H]1[C@@H](C(=O)Cl)C1(C)C.[Y].[Y]. The predicted octanol–water partition coefficient (Wildman–Crippen LogP) is 4.80. The first kappa shape index (κ1) is 27.8. The number of hydrogen-bond acceptors (Lipinski definition) is 2. The maximum absolute atomic E-state index is 10.8. The molecule has 0 aromatic heterocycles. The van der Waals surface area contributed by atoms with E-state index < -0.39 is 0 Å². The fourth-order valence-electron chi connectivity index (χ4n) is 3.20. The van der Waals surface area contributed by atoms with E-state index in [1.165, 1.54) is 0 Å². The van der Waals surface area contributed by atoms with Gasteiger partial charge in [0, 0.05) is 77.3 Å². The molecule has 2 rings (SSSR count).